The number of carbonyl (C=O) groups excluding carboxylic acids is 3. The van der Waals surface area contributed by atoms with Gasteiger partial charge in [-0.1, -0.05) is 42.5 Å². The number of rotatable bonds is 8. The zero-order valence-electron chi connectivity index (χ0n) is 16.5. The van der Waals surface area contributed by atoms with Crippen molar-refractivity contribution in [3.63, 3.8) is 0 Å². The van der Waals surface area contributed by atoms with Crippen LogP contribution < -0.4 is 20.9 Å². The third kappa shape index (κ3) is 7.88. The maximum atomic E-state index is 12.5. The van der Waals surface area contributed by atoms with E-state index >= 15 is 0 Å². The van der Waals surface area contributed by atoms with Crippen LogP contribution in [-0.2, 0) is 20.9 Å². The molecule has 30 heavy (non-hydrogen) atoms. The van der Waals surface area contributed by atoms with Gasteiger partial charge in [0, 0.05) is 6.42 Å². The topological polar surface area (TPSA) is 106 Å². The van der Waals surface area contributed by atoms with Gasteiger partial charge in [-0.05, 0) is 36.8 Å². The van der Waals surface area contributed by atoms with Crippen LogP contribution in [0.3, 0.4) is 0 Å². The Balaban J connectivity index is 1.82. The molecule has 0 aliphatic carbocycles. The van der Waals surface area contributed by atoms with Gasteiger partial charge in [-0.2, -0.15) is 0 Å². The number of thiocarbonyl (C=S) groups is 1. The fraction of sp³-hybridized carbons (Fsp3) is 0.238. The molecule has 2 aromatic carbocycles. The van der Waals surface area contributed by atoms with E-state index in [1.165, 1.54) is 0 Å². The molecule has 0 aromatic heterocycles. The SMILES string of the molecule is CCOC(=O)CCC(=O)NC(=S)NNC(=O)c1ccccc1OCc1ccccc1. The lowest BCUT2D eigenvalue weighted by atomic mass is 10.2. The number of amides is 2. The number of benzene rings is 2. The molecule has 8 nitrogen and oxygen atoms in total. The number of para-hydroxylation sites is 1. The van der Waals surface area contributed by atoms with Gasteiger partial charge in [0.1, 0.15) is 12.4 Å². The predicted molar refractivity (Wildman–Crippen MR) is 114 cm³/mol. The first kappa shape index (κ1) is 22.8. The van der Waals surface area contributed by atoms with Gasteiger partial charge in [-0.25, -0.2) is 0 Å². The van der Waals surface area contributed by atoms with Crippen molar-refractivity contribution in [2.45, 2.75) is 26.4 Å². The second kappa shape index (κ2) is 12.2. The van der Waals surface area contributed by atoms with Crippen LogP contribution in [0.2, 0.25) is 0 Å². The lowest BCUT2D eigenvalue weighted by molar-refractivity contribution is -0.144. The average Bonchev–Trinajstić information content (AvgIpc) is 2.76. The highest BCUT2D eigenvalue weighted by Gasteiger charge is 2.13. The fourth-order valence-corrected chi connectivity index (χ4v) is 2.53. The summed E-state index contributed by atoms with van der Waals surface area (Å²) in [6.07, 6.45) is -0.133. The number of hydrazine groups is 1. The molecule has 0 radical (unpaired) electrons. The average molecular weight is 429 g/mol. The van der Waals surface area contributed by atoms with Crippen molar-refractivity contribution in [2.24, 2.45) is 0 Å². The molecule has 9 heteroatoms. The van der Waals surface area contributed by atoms with E-state index in [1.807, 2.05) is 30.3 Å². The molecule has 2 aromatic rings. The molecule has 0 saturated heterocycles. The van der Waals surface area contributed by atoms with Crippen LogP contribution in [0, 0.1) is 0 Å². The number of esters is 1. The van der Waals surface area contributed by atoms with Gasteiger partial charge in [-0.3, -0.25) is 25.2 Å². The van der Waals surface area contributed by atoms with E-state index in [2.05, 4.69) is 16.2 Å². The minimum absolute atomic E-state index is 0.0548. The van der Waals surface area contributed by atoms with Crippen LogP contribution >= 0.6 is 12.2 Å². The van der Waals surface area contributed by atoms with Crippen molar-refractivity contribution < 1.29 is 23.9 Å². The summed E-state index contributed by atoms with van der Waals surface area (Å²) in [6, 6.07) is 16.3. The Bertz CT molecular complexity index is 889. The molecule has 0 aliphatic rings. The van der Waals surface area contributed by atoms with Crippen molar-refractivity contribution in [1.82, 2.24) is 16.2 Å². The maximum absolute atomic E-state index is 12.5. The lowest BCUT2D eigenvalue weighted by Crippen LogP contribution is -2.48. The van der Waals surface area contributed by atoms with E-state index in [9.17, 15) is 14.4 Å². The Kier molecular flexibility index (Phi) is 9.26. The first-order valence-electron chi connectivity index (χ1n) is 9.31. The molecule has 0 heterocycles. The molecule has 2 amide bonds. The Morgan fingerprint density at radius 2 is 1.63 bits per heavy atom. The monoisotopic (exact) mass is 429 g/mol. The summed E-state index contributed by atoms with van der Waals surface area (Å²) in [6.45, 7) is 2.25. The van der Waals surface area contributed by atoms with E-state index in [1.54, 1.807) is 31.2 Å². The van der Waals surface area contributed by atoms with Crippen LogP contribution in [0.4, 0.5) is 0 Å². The number of hydrogen-bond acceptors (Lipinski definition) is 6. The highest BCUT2D eigenvalue weighted by molar-refractivity contribution is 7.80. The zero-order valence-corrected chi connectivity index (χ0v) is 17.3. The second-order valence-corrected chi connectivity index (χ2v) is 6.44. The Hall–Kier alpha value is -3.46. The van der Waals surface area contributed by atoms with Crippen LogP contribution in [0.1, 0.15) is 35.7 Å². The van der Waals surface area contributed by atoms with Gasteiger partial charge in [0.2, 0.25) is 5.91 Å². The van der Waals surface area contributed by atoms with Crippen LogP contribution in [0.5, 0.6) is 5.75 Å². The molecular formula is C21H23N3O5S. The molecule has 0 fully saturated rings. The molecule has 2 rings (SSSR count). The third-order valence-electron chi connectivity index (χ3n) is 3.77. The standard InChI is InChI=1S/C21H23N3O5S/c1-2-28-19(26)13-12-18(25)22-21(30)24-23-20(27)16-10-6-7-11-17(16)29-14-15-8-4-3-5-9-15/h3-11H,2,12-14H2,1H3,(H,23,27)(H2,22,24,25,30). The van der Waals surface area contributed by atoms with Crippen molar-refractivity contribution in [1.29, 1.82) is 0 Å². The molecule has 0 bridgehead atoms. The van der Waals surface area contributed by atoms with Gasteiger partial charge in [0.15, 0.2) is 5.11 Å². The van der Waals surface area contributed by atoms with Crippen LogP contribution in [-0.4, -0.2) is 29.5 Å². The Morgan fingerprint density at radius 3 is 2.37 bits per heavy atom. The first-order chi connectivity index (χ1) is 14.5. The van der Waals surface area contributed by atoms with Crippen molar-refractivity contribution in [2.75, 3.05) is 6.61 Å². The van der Waals surface area contributed by atoms with Gasteiger partial charge >= 0.3 is 5.97 Å². The van der Waals surface area contributed by atoms with E-state index in [0.29, 0.717) is 17.9 Å². The quantitative estimate of drug-likeness (QED) is 0.336. The molecular weight excluding hydrogens is 406 g/mol. The summed E-state index contributed by atoms with van der Waals surface area (Å²) in [4.78, 5) is 35.5. The molecule has 158 valence electrons. The first-order valence-corrected chi connectivity index (χ1v) is 9.72. The number of nitrogens with one attached hydrogen (secondary N) is 3. The van der Waals surface area contributed by atoms with Gasteiger partial charge in [0.25, 0.3) is 5.91 Å². The minimum atomic E-state index is -0.484. The smallest absolute Gasteiger partial charge is 0.306 e. The number of hydrogen-bond donors (Lipinski definition) is 3. The van der Waals surface area contributed by atoms with Crippen molar-refractivity contribution >= 4 is 35.1 Å². The second-order valence-electron chi connectivity index (χ2n) is 6.03. The van der Waals surface area contributed by atoms with Gasteiger partial charge < -0.3 is 14.8 Å². The normalized spacial score (nSPS) is 9.90. The van der Waals surface area contributed by atoms with Crippen molar-refractivity contribution in [3.05, 3.63) is 65.7 Å². The van der Waals surface area contributed by atoms with E-state index in [0.717, 1.165) is 5.56 Å². The molecule has 0 aliphatic heterocycles. The van der Waals surface area contributed by atoms with E-state index in [4.69, 9.17) is 21.7 Å². The molecule has 0 spiro atoms. The zero-order chi connectivity index (χ0) is 21.8. The van der Waals surface area contributed by atoms with E-state index in [-0.39, 0.29) is 24.6 Å². The molecule has 0 saturated carbocycles. The third-order valence-corrected chi connectivity index (χ3v) is 3.98. The predicted octanol–water partition coefficient (Wildman–Crippen LogP) is 2.24. The highest BCUT2D eigenvalue weighted by Crippen LogP contribution is 2.19. The summed E-state index contributed by atoms with van der Waals surface area (Å²) < 4.78 is 10.5. The summed E-state index contributed by atoms with van der Waals surface area (Å²) >= 11 is 4.97. The molecule has 3 N–H and O–H groups in total. The number of ether oxygens (including phenoxy) is 2. The summed E-state index contributed by atoms with van der Waals surface area (Å²) in [7, 11) is 0. The van der Waals surface area contributed by atoms with Crippen LogP contribution in [0.25, 0.3) is 0 Å². The maximum Gasteiger partial charge on any atom is 0.306 e. The molecule has 0 unspecified atom stereocenters. The van der Waals surface area contributed by atoms with Crippen LogP contribution in [0.15, 0.2) is 54.6 Å². The molecule has 0 atom stereocenters. The largest absolute Gasteiger partial charge is 0.488 e. The summed E-state index contributed by atoms with van der Waals surface area (Å²) in [5.74, 6) is -1.01. The Morgan fingerprint density at radius 1 is 0.933 bits per heavy atom. The summed E-state index contributed by atoms with van der Waals surface area (Å²) in [5, 5.41) is 2.28. The van der Waals surface area contributed by atoms with Crippen molar-refractivity contribution in [3.8, 4) is 5.75 Å². The van der Waals surface area contributed by atoms with Gasteiger partial charge in [0.05, 0.1) is 18.6 Å². The summed E-state index contributed by atoms with van der Waals surface area (Å²) in [5.41, 5.74) is 6.14. The minimum Gasteiger partial charge on any atom is -0.488 e. The Labute approximate surface area is 179 Å². The highest BCUT2D eigenvalue weighted by atomic mass is 32.1. The number of carbonyl (C=O) groups is 3. The fourth-order valence-electron chi connectivity index (χ4n) is 2.37. The van der Waals surface area contributed by atoms with Gasteiger partial charge in [-0.15, -0.1) is 0 Å². The van der Waals surface area contributed by atoms with E-state index < -0.39 is 17.8 Å². The lowest BCUT2D eigenvalue weighted by Gasteiger charge is -2.13.